The van der Waals surface area contributed by atoms with Gasteiger partial charge in [-0.25, -0.2) is 0 Å². The van der Waals surface area contributed by atoms with Crippen molar-refractivity contribution in [3.8, 4) is 0 Å². The topological polar surface area (TPSA) is 64.6 Å². The van der Waals surface area contributed by atoms with Crippen LogP contribution in [0.1, 0.15) is 235 Å². The quantitative estimate of drug-likeness (QED) is 0.0346. The Balaban J connectivity index is 5.40. The molecule has 0 aromatic heterocycles. The molecule has 0 saturated heterocycles. The van der Waals surface area contributed by atoms with E-state index in [0.717, 1.165) is 87.6 Å². The summed E-state index contributed by atoms with van der Waals surface area (Å²) in [6.45, 7) is 20.5. The van der Waals surface area contributed by atoms with Gasteiger partial charge in [0.1, 0.15) is 23.7 Å². The third kappa shape index (κ3) is 32.2. The van der Waals surface area contributed by atoms with Crippen LogP contribution in [0.4, 0.5) is 0 Å². The summed E-state index contributed by atoms with van der Waals surface area (Å²) in [7, 11) is 0. The maximum Gasteiger partial charge on any atom is 0.162 e. The monoisotopic (exact) mass is 783 g/mol. The highest BCUT2D eigenvalue weighted by Crippen LogP contribution is 2.23. The van der Waals surface area contributed by atoms with Crippen molar-refractivity contribution in [1.82, 2.24) is 0 Å². The van der Waals surface area contributed by atoms with Crippen molar-refractivity contribution < 1.29 is 33.2 Å². The zero-order chi connectivity index (χ0) is 40.5. The Kier molecular flexibility index (Phi) is 41.1. The van der Waals surface area contributed by atoms with Crippen LogP contribution >= 0.6 is 0 Å². The summed E-state index contributed by atoms with van der Waals surface area (Å²) in [5, 5.41) is 0. The van der Waals surface area contributed by atoms with Crippen LogP contribution in [-0.4, -0.2) is 52.2 Å². The third-order valence-electron chi connectivity index (χ3n) is 10.1. The standard InChI is InChI=1S/C48H94O7/c1-9-15-19-23-27-31-37-50-45(35-13-5)47(52-39-33-29-25-21-17-11-3)43(7)54-41-49-42-55-44(8)48(53-40-34-30-26-22-18-12-4)46(36-14-6)51-38-32-28-24-20-16-10-2/h43-44H,9-42H2,1-8H3. The van der Waals surface area contributed by atoms with Crippen molar-refractivity contribution in [3.05, 3.63) is 23.0 Å². The molecule has 7 heteroatoms. The Hall–Kier alpha value is -1.44. The lowest BCUT2D eigenvalue weighted by Crippen LogP contribution is -2.22. The first kappa shape index (κ1) is 53.6. The van der Waals surface area contributed by atoms with Crippen LogP contribution in [-0.2, 0) is 33.2 Å². The van der Waals surface area contributed by atoms with E-state index in [-0.39, 0.29) is 25.8 Å². The second-order valence-electron chi connectivity index (χ2n) is 15.6. The average molecular weight is 783 g/mol. The summed E-state index contributed by atoms with van der Waals surface area (Å²) < 4.78 is 44.1. The Morgan fingerprint density at radius 1 is 0.327 bits per heavy atom. The number of unbranched alkanes of at least 4 members (excludes halogenated alkanes) is 20. The maximum absolute atomic E-state index is 6.46. The normalized spacial score (nSPS) is 13.7. The van der Waals surface area contributed by atoms with Gasteiger partial charge in [0.05, 0.1) is 26.4 Å². The average Bonchev–Trinajstić information content (AvgIpc) is 3.18. The van der Waals surface area contributed by atoms with Crippen molar-refractivity contribution in [1.29, 1.82) is 0 Å². The van der Waals surface area contributed by atoms with Gasteiger partial charge in [-0.2, -0.15) is 0 Å². The van der Waals surface area contributed by atoms with E-state index >= 15 is 0 Å². The number of ether oxygens (including phenoxy) is 7. The SMILES string of the molecule is CCCCCCCCOC(CCC)=C(OCCCCCCCC)C(C)OCOCOC(C)C(OCCCCCCCC)=C(CCC)OCCCCCCCC. The molecule has 0 aliphatic heterocycles. The van der Waals surface area contributed by atoms with Gasteiger partial charge >= 0.3 is 0 Å². The Morgan fingerprint density at radius 2 is 0.600 bits per heavy atom. The minimum Gasteiger partial charge on any atom is -0.494 e. The Morgan fingerprint density at radius 3 is 0.891 bits per heavy atom. The van der Waals surface area contributed by atoms with E-state index in [1.165, 1.54) is 128 Å². The molecule has 0 bridgehead atoms. The lowest BCUT2D eigenvalue weighted by atomic mass is 10.1. The first-order chi connectivity index (χ1) is 27.0. The van der Waals surface area contributed by atoms with Gasteiger partial charge in [-0.05, 0) is 52.4 Å². The van der Waals surface area contributed by atoms with E-state index < -0.39 is 0 Å². The van der Waals surface area contributed by atoms with Crippen LogP contribution in [0.3, 0.4) is 0 Å². The van der Waals surface area contributed by atoms with Crippen LogP contribution in [0.15, 0.2) is 23.0 Å². The van der Waals surface area contributed by atoms with Crippen molar-refractivity contribution in [2.24, 2.45) is 0 Å². The van der Waals surface area contributed by atoms with E-state index in [9.17, 15) is 0 Å². The molecular formula is C48H94O7. The van der Waals surface area contributed by atoms with Gasteiger partial charge in [-0.3, -0.25) is 0 Å². The van der Waals surface area contributed by atoms with Gasteiger partial charge in [0.25, 0.3) is 0 Å². The summed E-state index contributed by atoms with van der Waals surface area (Å²) in [4.78, 5) is 0. The molecule has 2 atom stereocenters. The molecule has 0 aliphatic rings. The number of rotatable bonds is 44. The highest BCUT2D eigenvalue weighted by Gasteiger charge is 2.21. The van der Waals surface area contributed by atoms with Crippen LogP contribution in [0.2, 0.25) is 0 Å². The van der Waals surface area contributed by atoms with Crippen molar-refractivity contribution in [2.75, 3.05) is 40.0 Å². The molecule has 328 valence electrons. The summed E-state index contributed by atoms with van der Waals surface area (Å²) >= 11 is 0. The molecule has 0 aromatic rings. The van der Waals surface area contributed by atoms with Crippen LogP contribution in [0.25, 0.3) is 0 Å². The molecule has 0 rings (SSSR count). The summed E-state index contributed by atoms with van der Waals surface area (Å²) in [5.41, 5.74) is 0. The van der Waals surface area contributed by atoms with Crippen LogP contribution in [0.5, 0.6) is 0 Å². The Labute approximate surface area is 342 Å². The molecule has 0 aromatic carbocycles. The molecule has 0 heterocycles. The first-order valence-corrected chi connectivity index (χ1v) is 23.8. The van der Waals surface area contributed by atoms with Crippen molar-refractivity contribution in [3.63, 3.8) is 0 Å². The fourth-order valence-electron chi connectivity index (χ4n) is 6.61. The zero-order valence-corrected chi connectivity index (χ0v) is 38.1. The van der Waals surface area contributed by atoms with Gasteiger partial charge in [0.15, 0.2) is 25.1 Å². The highest BCUT2D eigenvalue weighted by atomic mass is 16.7. The van der Waals surface area contributed by atoms with Gasteiger partial charge in [0.2, 0.25) is 0 Å². The van der Waals surface area contributed by atoms with E-state index in [1.54, 1.807) is 0 Å². The highest BCUT2D eigenvalue weighted by molar-refractivity contribution is 5.07. The van der Waals surface area contributed by atoms with Gasteiger partial charge < -0.3 is 33.2 Å². The molecule has 0 amide bonds. The summed E-state index contributed by atoms with van der Waals surface area (Å²) in [5.74, 6) is 3.50. The van der Waals surface area contributed by atoms with Crippen molar-refractivity contribution in [2.45, 2.75) is 247 Å². The second kappa shape index (κ2) is 42.2. The fourth-order valence-corrected chi connectivity index (χ4v) is 6.61. The van der Waals surface area contributed by atoms with Gasteiger partial charge in [0, 0.05) is 12.8 Å². The number of hydrogen-bond donors (Lipinski definition) is 0. The van der Waals surface area contributed by atoms with E-state index in [2.05, 4.69) is 41.5 Å². The lowest BCUT2D eigenvalue weighted by molar-refractivity contribution is -0.160. The predicted molar refractivity (Wildman–Crippen MR) is 233 cm³/mol. The molecule has 0 aliphatic carbocycles. The minimum atomic E-state index is -0.286. The summed E-state index contributed by atoms with van der Waals surface area (Å²) in [6, 6.07) is 0. The smallest absolute Gasteiger partial charge is 0.162 e. The molecular weight excluding hydrogens is 689 g/mol. The molecule has 0 saturated carbocycles. The van der Waals surface area contributed by atoms with E-state index in [0.29, 0.717) is 13.2 Å². The van der Waals surface area contributed by atoms with Crippen molar-refractivity contribution >= 4 is 0 Å². The first-order valence-electron chi connectivity index (χ1n) is 23.8. The molecule has 0 N–H and O–H groups in total. The molecule has 2 unspecified atom stereocenters. The summed E-state index contributed by atoms with van der Waals surface area (Å²) in [6.07, 6.45) is 32.7. The Bertz CT molecular complexity index is 789. The van der Waals surface area contributed by atoms with Gasteiger partial charge in [-0.1, -0.05) is 170 Å². The molecule has 7 nitrogen and oxygen atoms in total. The third-order valence-corrected chi connectivity index (χ3v) is 10.1. The van der Waals surface area contributed by atoms with E-state index in [1.807, 2.05) is 13.8 Å². The minimum absolute atomic E-state index is 0.0998. The number of hydrogen-bond acceptors (Lipinski definition) is 7. The maximum atomic E-state index is 6.46. The van der Waals surface area contributed by atoms with Crippen LogP contribution in [0, 0.1) is 0 Å². The largest absolute Gasteiger partial charge is 0.494 e. The lowest BCUT2D eigenvalue weighted by Gasteiger charge is -2.23. The van der Waals surface area contributed by atoms with E-state index in [4.69, 9.17) is 33.2 Å². The molecule has 55 heavy (non-hydrogen) atoms. The zero-order valence-electron chi connectivity index (χ0n) is 38.1. The second-order valence-corrected chi connectivity index (χ2v) is 15.6. The van der Waals surface area contributed by atoms with Gasteiger partial charge in [-0.15, -0.1) is 0 Å². The molecule has 0 fully saturated rings. The fraction of sp³-hybridized carbons (Fsp3) is 0.917. The van der Waals surface area contributed by atoms with Crippen LogP contribution < -0.4 is 0 Å². The predicted octanol–water partition coefficient (Wildman–Crippen LogP) is 15.3. The molecule has 0 spiro atoms. The molecule has 0 radical (unpaired) electrons. The number of allylic oxidation sites excluding steroid dienone is 2.